The van der Waals surface area contributed by atoms with E-state index in [9.17, 15) is 18.9 Å². The minimum atomic E-state index is -4.25. The van der Waals surface area contributed by atoms with Crippen molar-refractivity contribution in [2.45, 2.75) is 12.5 Å². The van der Waals surface area contributed by atoms with Crippen molar-refractivity contribution in [1.29, 1.82) is 0 Å². The maximum atomic E-state index is 14.3. The van der Waals surface area contributed by atoms with E-state index < -0.39 is 27.0 Å². The molecule has 3 aromatic rings. The Balaban J connectivity index is 1.81. The van der Waals surface area contributed by atoms with Gasteiger partial charge in [-0.05, 0) is 30.7 Å². The van der Waals surface area contributed by atoms with Gasteiger partial charge in [0.25, 0.3) is 5.91 Å². The zero-order valence-corrected chi connectivity index (χ0v) is 22.9. The summed E-state index contributed by atoms with van der Waals surface area (Å²) in [6.45, 7) is 0.364. The van der Waals surface area contributed by atoms with E-state index in [4.69, 9.17) is 13.3 Å². The van der Waals surface area contributed by atoms with Crippen molar-refractivity contribution in [2.75, 3.05) is 27.9 Å². The monoisotopic (exact) mass is 539 g/mol. The van der Waals surface area contributed by atoms with Crippen LogP contribution in [-0.2, 0) is 17.8 Å². The second-order valence-corrected chi connectivity index (χ2v) is 13.8. The lowest BCUT2D eigenvalue weighted by atomic mass is 10.2. The Morgan fingerprint density at radius 2 is 1.16 bits per heavy atom. The average molecular weight is 540 g/mol. The molecule has 0 atom stereocenters. The number of benzene rings is 3. The molecule has 0 spiro atoms. The summed E-state index contributed by atoms with van der Waals surface area (Å²) in [5.41, 5.74) is -0.828. The minimum Gasteiger partial charge on any atom is -0.377 e. The summed E-state index contributed by atoms with van der Waals surface area (Å²) in [6, 6.07) is 22.5. The summed E-state index contributed by atoms with van der Waals surface area (Å²) >= 11 is 0. The Labute approximate surface area is 217 Å². The average Bonchev–Trinajstić information content (AvgIpc) is 2.97. The van der Waals surface area contributed by atoms with E-state index in [1.54, 1.807) is 36.4 Å². The maximum absolute atomic E-state index is 14.3. The summed E-state index contributed by atoms with van der Waals surface area (Å²) < 4.78 is 30.4. The van der Waals surface area contributed by atoms with E-state index in [0.717, 1.165) is 0 Å². The van der Waals surface area contributed by atoms with Crippen LogP contribution in [0.4, 0.5) is 0 Å². The highest BCUT2D eigenvalue weighted by Gasteiger charge is 2.42. The molecule has 0 saturated heterocycles. The van der Waals surface area contributed by atoms with E-state index in [1.165, 1.54) is 69.9 Å². The Morgan fingerprint density at radius 3 is 1.59 bits per heavy atom. The molecule has 0 aliphatic carbocycles. The first-order valence-electron chi connectivity index (χ1n) is 11.7. The first-order valence-corrected chi connectivity index (χ1v) is 15.3. The Kier molecular flexibility index (Phi) is 9.85. The molecule has 1 N–H and O–H groups in total. The molecule has 0 aromatic heterocycles. The molecule has 0 radical (unpaired) electrons. The van der Waals surface area contributed by atoms with Crippen molar-refractivity contribution < 1.29 is 32.2 Å². The van der Waals surface area contributed by atoms with E-state index >= 15 is 0 Å². The lowest BCUT2D eigenvalue weighted by Crippen LogP contribution is -2.43. The summed E-state index contributed by atoms with van der Waals surface area (Å²) in [4.78, 5) is 39.5. The van der Waals surface area contributed by atoms with Crippen molar-refractivity contribution in [3.8, 4) is 0 Å². The molecule has 0 aliphatic heterocycles. The number of rotatable bonds is 13. The summed E-state index contributed by atoms with van der Waals surface area (Å²) in [6.07, 6.45) is 0.581. The highest BCUT2D eigenvalue weighted by atomic mass is 31.2. The lowest BCUT2D eigenvalue weighted by molar-refractivity contribution is 0.0948. The molecule has 3 aromatic carbocycles. The number of carbonyl (C=O) groups is 3. The van der Waals surface area contributed by atoms with E-state index in [0.29, 0.717) is 24.6 Å². The van der Waals surface area contributed by atoms with Crippen LogP contribution in [0.15, 0.2) is 84.9 Å². The summed E-state index contributed by atoms with van der Waals surface area (Å²) in [5.74, 6) is -0.343. The smallest absolute Gasteiger partial charge is 0.377 e. The molecule has 0 saturated carbocycles. The van der Waals surface area contributed by atoms with Crippen LogP contribution >= 0.6 is 7.14 Å². The van der Waals surface area contributed by atoms with Gasteiger partial charge in [-0.3, -0.25) is 14.4 Å². The van der Waals surface area contributed by atoms with Gasteiger partial charge in [0.2, 0.25) is 18.2 Å². The highest BCUT2D eigenvalue weighted by molar-refractivity contribution is 8.01. The van der Waals surface area contributed by atoms with E-state index in [-0.39, 0.29) is 22.3 Å². The molecule has 0 heterocycles. The van der Waals surface area contributed by atoms with Gasteiger partial charge in [-0.1, -0.05) is 60.7 Å². The molecule has 0 unspecified atom stereocenters. The van der Waals surface area contributed by atoms with Crippen LogP contribution in [0.2, 0.25) is 6.04 Å². The summed E-state index contributed by atoms with van der Waals surface area (Å²) in [5, 5.41) is 2.88. The third-order valence-corrected chi connectivity index (χ3v) is 11.5. The van der Waals surface area contributed by atoms with Gasteiger partial charge in [-0.15, -0.1) is 0 Å². The predicted octanol–water partition coefficient (Wildman–Crippen LogP) is 4.35. The third kappa shape index (κ3) is 6.39. The molecule has 1 amide bonds. The first kappa shape index (κ1) is 28.4. The Hall–Kier alpha value is -3.20. The number of amides is 1. The predicted molar refractivity (Wildman–Crippen MR) is 144 cm³/mol. The van der Waals surface area contributed by atoms with Crippen LogP contribution in [0.5, 0.6) is 0 Å². The molecule has 194 valence electrons. The molecular formula is C27H30NO7PSi. The molecule has 0 aliphatic rings. The van der Waals surface area contributed by atoms with Crippen molar-refractivity contribution >= 4 is 38.2 Å². The number of carbonyl (C=O) groups excluding carboxylic acids is 3. The van der Waals surface area contributed by atoms with E-state index in [1.807, 2.05) is 0 Å². The van der Waals surface area contributed by atoms with Crippen LogP contribution in [-0.4, -0.2) is 53.6 Å². The normalized spacial score (nSPS) is 11.6. The van der Waals surface area contributed by atoms with E-state index in [2.05, 4.69) is 5.32 Å². The molecule has 8 nitrogen and oxygen atoms in total. The Bertz CT molecular complexity index is 1200. The standard InChI is InChI=1S/C27H30NO7PSi/c1-33-37(34-2,35-3)20-10-19-28-25(29)21-15-17-24(18-16-21)36(32,26(30)22-11-6-4-7-12-22)27(31)23-13-8-5-9-14-23/h4-9,11-18H,10,19-20H2,1-3H3,(H,28,29). The van der Waals surface area contributed by atoms with Gasteiger partial charge in [0.1, 0.15) is 0 Å². The lowest BCUT2D eigenvalue weighted by Gasteiger charge is -2.24. The fourth-order valence-corrected chi connectivity index (χ4v) is 7.81. The van der Waals surface area contributed by atoms with Gasteiger partial charge < -0.3 is 23.2 Å². The molecule has 0 fully saturated rings. The molecule has 3 rings (SSSR count). The van der Waals surface area contributed by atoms with Crippen LogP contribution in [0, 0.1) is 0 Å². The van der Waals surface area contributed by atoms with Gasteiger partial charge in [0, 0.05) is 55.9 Å². The number of hydrogen-bond acceptors (Lipinski definition) is 7. The highest BCUT2D eigenvalue weighted by Crippen LogP contribution is 2.50. The largest absolute Gasteiger partial charge is 0.500 e. The fraction of sp³-hybridized carbons (Fsp3) is 0.222. The molecular weight excluding hydrogens is 509 g/mol. The zero-order valence-electron chi connectivity index (χ0n) is 21.0. The molecule has 10 heteroatoms. The second kappa shape index (κ2) is 12.9. The van der Waals surface area contributed by atoms with Crippen LogP contribution < -0.4 is 10.6 Å². The van der Waals surface area contributed by atoms with Gasteiger partial charge in [-0.25, -0.2) is 0 Å². The molecule has 37 heavy (non-hydrogen) atoms. The van der Waals surface area contributed by atoms with Gasteiger partial charge in [-0.2, -0.15) is 0 Å². The van der Waals surface area contributed by atoms with Gasteiger partial charge in [0.05, 0.1) is 0 Å². The first-order chi connectivity index (χ1) is 17.8. The van der Waals surface area contributed by atoms with Crippen LogP contribution in [0.25, 0.3) is 0 Å². The SMILES string of the molecule is CO[Si](CCCNC(=O)c1ccc(P(=O)(C(=O)c2ccccc2)C(=O)c2ccccc2)cc1)(OC)OC. The van der Waals surface area contributed by atoms with Crippen molar-refractivity contribution in [2.24, 2.45) is 0 Å². The number of hydrogen-bond donors (Lipinski definition) is 1. The maximum Gasteiger partial charge on any atom is 0.500 e. The topological polar surface area (TPSA) is 108 Å². The fourth-order valence-electron chi connectivity index (χ4n) is 3.84. The zero-order chi connectivity index (χ0) is 26.9. The quantitative estimate of drug-likeness (QED) is 0.195. The Morgan fingerprint density at radius 1 is 0.703 bits per heavy atom. The number of nitrogens with one attached hydrogen (secondary N) is 1. The van der Waals surface area contributed by atoms with Crippen LogP contribution in [0.3, 0.4) is 0 Å². The summed E-state index contributed by atoms with van der Waals surface area (Å²) in [7, 11) is -2.38. The van der Waals surface area contributed by atoms with Crippen molar-refractivity contribution in [3.05, 3.63) is 102 Å². The second-order valence-electron chi connectivity index (χ2n) is 8.15. The van der Waals surface area contributed by atoms with Gasteiger partial charge in [0.15, 0.2) is 0 Å². The van der Waals surface area contributed by atoms with Gasteiger partial charge >= 0.3 is 8.80 Å². The third-order valence-electron chi connectivity index (χ3n) is 5.98. The molecule has 0 bridgehead atoms. The van der Waals surface area contributed by atoms with Crippen molar-refractivity contribution in [1.82, 2.24) is 5.32 Å². The van der Waals surface area contributed by atoms with Crippen LogP contribution in [0.1, 0.15) is 37.5 Å². The minimum absolute atomic E-state index is 0.0721. The van der Waals surface area contributed by atoms with Crippen molar-refractivity contribution in [3.63, 3.8) is 0 Å².